The van der Waals surface area contributed by atoms with Crippen molar-refractivity contribution in [3.8, 4) is 6.07 Å². The van der Waals surface area contributed by atoms with E-state index in [1.54, 1.807) is 22.9 Å². The molecule has 21 heavy (non-hydrogen) atoms. The first kappa shape index (κ1) is 13.1. The van der Waals surface area contributed by atoms with Crippen LogP contribution in [0.15, 0.2) is 54.7 Å². The molecule has 0 radical (unpaired) electrons. The van der Waals surface area contributed by atoms with Gasteiger partial charge in [0.25, 0.3) is 5.91 Å². The Balaban J connectivity index is 2.06. The molecule has 0 saturated carbocycles. The summed E-state index contributed by atoms with van der Waals surface area (Å²) in [5, 5.41) is 9.95. The third-order valence-electron chi connectivity index (χ3n) is 3.65. The molecule has 3 rings (SSSR count). The van der Waals surface area contributed by atoms with Gasteiger partial charge in [-0.3, -0.25) is 9.36 Å². The third kappa shape index (κ3) is 2.32. The van der Waals surface area contributed by atoms with E-state index in [1.165, 1.54) is 5.56 Å². The van der Waals surface area contributed by atoms with Crippen LogP contribution < -0.4 is 0 Å². The number of fused-ring (bicyclic) bond motifs is 1. The molecule has 3 nitrogen and oxygen atoms in total. The molecule has 0 amide bonds. The van der Waals surface area contributed by atoms with Gasteiger partial charge in [0.2, 0.25) is 0 Å². The molecule has 0 saturated heterocycles. The molecule has 0 aliphatic rings. The Hall–Kier alpha value is -2.86. The molecule has 2 aromatic carbocycles. The van der Waals surface area contributed by atoms with Crippen molar-refractivity contribution in [2.24, 2.45) is 0 Å². The van der Waals surface area contributed by atoms with Crippen LogP contribution in [0.3, 0.4) is 0 Å². The average Bonchev–Trinajstić information content (AvgIpc) is 2.97. The summed E-state index contributed by atoms with van der Waals surface area (Å²) in [5.74, 6) is -0.0808. The topological polar surface area (TPSA) is 45.8 Å². The molecule has 0 fully saturated rings. The molecule has 0 unspecified atom stereocenters. The van der Waals surface area contributed by atoms with Crippen molar-refractivity contribution in [1.29, 1.82) is 5.26 Å². The Bertz CT molecular complexity index is 851. The van der Waals surface area contributed by atoms with E-state index in [-0.39, 0.29) is 5.91 Å². The minimum Gasteiger partial charge on any atom is -0.283 e. The van der Waals surface area contributed by atoms with Gasteiger partial charge in [-0.2, -0.15) is 5.26 Å². The molecular formula is C18H14N2O. The maximum atomic E-state index is 12.6. The van der Waals surface area contributed by atoms with Crippen molar-refractivity contribution in [1.82, 2.24) is 4.57 Å². The van der Waals surface area contributed by atoms with E-state index in [0.717, 1.165) is 17.3 Å². The first-order chi connectivity index (χ1) is 10.2. The zero-order valence-electron chi connectivity index (χ0n) is 11.7. The molecule has 0 aliphatic carbocycles. The quantitative estimate of drug-likeness (QED) is 0.714. The summed E-state index contributed by atoms with van der Waals surface area (Å²) in [6.07, 6.45) is 2.70. The van der Waals surface area contributed by atoms with Gasteiger partial charge in [-0.15, -0.1) is 0 Å². The largest absolute Gasteiger partial charge is 0.283 e. The van der Waals surface area contributed by atoms with Gasteiger partial charge in [-0.05, 0) is 42.3 Å². The summed E-state index contributed by atoms with van der Waals surface area (Å²) in [6, 6.07) is 17.0. The fraction of sp³-hybridized carbons (Fsp3) is 0.111. The van der Waals surface area contributed by atoms with E-state index in [9.17, 15) is 4.79 Å². The Morgan fingerprint density at radius 2 is 1.90 bits per heavy atom. The number of nitriles is 1. The number of rotatable bonds is 2. The molecule has 3 aromatic rings. The number of aryl methyl sites for hydroxylation is 1. The van der Waals surface area contributed by atoms with Crippen LogP contribution in [0.2, 0.25) is 0 Å². The molecule has 0 aliphatic heterocycles. The Labute approximate surface area is 123 Å². The van der Waals surface area contributed by atoms with Crippen LogP contribution in [0.4, 0.5) is 0 Å². The normalized spacial score (nSPS) is 10.5. The third-order valence-corrected chi connectivity index (χ3v) is 3.65. The van der Waals surface area contributed by atoms with Gasteiger partial charge < -0.3 is 0 Å². The van der Waals surface area contributed by atoms with E-state index in [4.69, 9.17) is 5.26 Å². The standard InChI is InChI=1S/C18H14N2O/c1-2-13-3-7-16(8-4-13)18(21)20-10-9-15-6-5-14(12-19)11-17(15)20/h3-11H,2H2,1H3. The monoisotopic (exact) mass is 274 g/mol. The lowest BCUT2D eigenvalue weighted by Gasteiger charge is -2.05. The minimum absolute atomic E-state index is 0.0808. The molecule has 0 N–H and O–H groups in total. The van der Waals surface area contributed by atoms with Crippen LogP contribution in [-0.4, -0.2) is 10.5 Å². The fourth-order valence-corrected chi connectivity index (χ4v) is 2.40. The summed E-state index contributed by atoms with van der Waals surface area (Å²) < 4.78 is 1.59. The summed E-state index contributed by atoms with van der Waals surface area (Å²) >= 11 is 0. The highest BCUT2D eigenvalue weighted by Gasteiger charge is 2.11. The molecule has 102 valence electrons. The lowest BCUT2D eigenvalue weighted by Crippen LogP contribution is -2.10. The molecular weight excluding hydrogens is 260 g/mol. The summed E-state index contributed by atoms with van der Waals surface area (Å²) in [5.41, 5.74) is 3.16. The van der Waals surface area contributed by atoms with E-state index in [2.05, 4.69) is 13.0 Å². The second kappa shape index (κ2) is 5.26. The number of hydrogen-bond acceptors (Lipinski definition) is 2. The highest BCUT2D eigenvalue weighted by molar-refractivity contribution is 6.02. The summed E-state index contributed by atoms with van der Waals surface area (Å²) in [4.78, 5) is 12.6. The molecule has 1 aromatic heterocycles. The smallest absolute Gasteiger partial charge is 0.262 e. The second-order valence-electron chi connectivity index (χ2n) is 4.93. The van der Waals surface area contributed by atoms with Crippen LogP contribution in [0.1, 0.15) is 28.4 Å². The highest BCUT2D eigenvalue weighted by atomic mass is 16.2. The Morgan fingerprint density at radius 3 is 2.57 bits per heavy atom. The second-order valence-corrected chi connectivity index (χ2v) is 4.93. The predicted octanol–water partition coefficient (Wildman–Crippen LogP) is 3.76. The van der Waals surface area contributed by atoms with Gasteiger partial charge in [0.1, 0.15) is 0 Å². The Kier molecular flexibility index (Phi) is 3.29. The van der Waals surface area contributed by atoms with Crippen LogP contribution in [0.25, 0.3) is 10.9 Å². The maximum Gasteiger partial charge on any atom is 0.262 e. The summed E-state index contributed by atoms with van der Waals surface area (Å²) in [6.45, 7) is 2.08. The molecule has 1 heterocycles. The zero-order valence-corrected chi connectivity index (χ0v) is 11.7. The van der Waals surface area contributed by atoms with Crippen molar-refractivity contribution < 1.29 is 4.79 Å². The van der Waals surface area contributed by atoms with E-state index in [1.807, 2.05) is 36.4 Å². The number of carbonyl (C=O) groups excluding carboxylic acids is 1. The molecule has 3 heteroatoms. The van der Waals surface area contributed by atoms with Gasteiger partial charge in [-0.25, -0.2) is 0 Å². The fourth-order valence-electron chi connectivity index (χ4n) is 2.40. The van der Waals surface area contributed by atoms with E-state index >= 15 is 0 Å². The van der Waals surface area contributed by atoms with E-state index in [0.29, 0.717) is 11.1 Å². The van der Waals surface area contributed by atoms with Gasteiger partial charge in [0, 0.05) is 17.1 Å². The van der Waals surface area contributed by atoms with Gasteiger partial charge in [-0.1, -0.05) is 25.1 Å². The molecule has 0 spiro atoms. The zero-order chi connectivity index (χ0) is 14.8. The number of hydrogen-bond donors (Lipinski definition) is 0. The number of nitrogens with zero attached hydrogens (tertiary/aromatic N) is 2. The Morgan fingerprint density at radius 1 is 1.14 bits per heavy atom. The van der Waals surface area contributed by atoms with Gasteiger partial charge >= 0.3 is 0 Å². The average molecular weight is 274 g/mol. The minimum atomic E-state index is -0.0808. The van der Waals surface area contributed by atoms with E-state index < -0.39 is 0 Å². The van der Waals surface area contributed by atoms with Crippen molar-refractivity contribution >= 4 is 16.8 Å². The van der Waals surface area contributed by atoms with Crippen molar-refractivity contribution in [3.05, 3.63) is 71.4 Å². The van der Waals surface area contributed by atoms with Crippen molar-refractivity contribution in [2.45, 2.75) is 13.3 Å². The van der Waals surface area contributed by atoms with Crippen LogP contribution in [-0.2, 0) is 6.42 Å². The molecule has 0 atom stereocenters. The SMILES string of the molecule is CCc1ccc(C(=O)n2ccc3ccc(C#N)cc32)cc1. The van der Waals surface area contributed by atoms with Crippen LogP contribution in [0, 0.1) is 11.3 Å². The number of benzene rings is 2. The number of aromatic nitrogens is 1. The highest BCUT2D eigenvalue weighted by Crippen LogP contribution is 2.19. The first-order valence-electron chi connectivity index (χ1n) is 6.88. The van der Waals surface area contributed by atoms with Crippen molar-refractivity contribution in [2.75, 3.05) is 0 Å². The van der Waals surface area contributed by atoms with Crippen molar-refractivity contribution in [3.63, 3.8) is 0 Å². The summed E-state index contributed by atoms with van der Waals surface area (Å²) in [7, 11) is 0. The predicted molar refractivity (Wildman–Crippen MR) is 82.2 cm³/mol. The lowest BCUT2D eigenvalue weighted by atomic mass is 10.1. The first-order valence-corrected chi connectivity index (χ1v) is 6.88. The maximum absolute atomic E-state index is 12.6. The lowest BCUT2D eigenvalue weighted by molar-refractivity contribution is 0.0965. The van der Waals surface area contributed by atoms with Gasteiger partial charge in [0.05, 0.1) is 17.1 Å². The number of carbonyl (C=O) groups is 1. The van der Waals surface area contributed by atoms with Gasteiger partial charge in [0.15, 0.2) is 0 Å². The van der Waals surface area contributed by atoms with Crippen LogP contribution >= 0.6 is 0 Å². The molecule has 0 bridgehead atoms. The van der Waals surface area contributed by atoms with Crippen LogP contribution in [0.5, 0.6) is 0 Å².